The molecule has 6 heteroatoms. The third-order valence-electron chi connectivity index (χ3n) is 3.12. The van der Waals surface area contributed by atoms with Crippen molar-refractivity contribution in [1.29, 1.82) is 5.26 Å². The van der Waals surface area contributed by atoms with Gasteiger partial charge in [0.2, 0.25) is 0 Å². The molecule has 1 aromatic carbocycles. The summed E-state index contributed by atoms with van der Waals surface area (Å²) < 4.78 is 13.5. The summed E-state index contributed by atoms with van der Waals surface area (Å²) in [7, 11) is 0. The fourth-order valence-electron chi connectivity index (χ4n) is 2.04. The Morgan fingerprint density at radius 3 is 2.63 bits per heavy atom. The maximum absolute atomic E-state index is 13.0. The first-order valence-corrected chi connectivity index (χ1v) is 6.75. The van der Waals surface area contributed by atoms with E-state index in [4.69, 9.17) is 5.26 Å². The van der Waals surface area contributed by atoms with Crippen LogP contribution in [-0.2, 0) is 0 Å². The van der Waals surface area contributed by atoms with Gasteiger partial charge >= 0.3 is 0 Å². The van der Waals surface area contributed by atoms with E-state index in [9.17, 15) is 9.18 Å². The zero-order valence-corrected chi connectivity index (χ0v) is 11.9. The van der Waals surface area contributed by atoms with Gasteiger partial charge in [0.05, 0.1) is 18.2 Å². The van der Waals surface area contributed by atoms with E-state index in [0.29, 0.717) is 42.8 Å². The van der Waals surface area contributed by atoms with Crippen LogP contribution in [-0.4, -0.2) is 48.4 Å². The molecule has 0 aliphatic carbocycles. The molecule has 0 unspecified atom stereocenters. The van der Waals surface area contributed by atoms with Crippen LogP contribution in [0.15, 0.2) is 22.7 Å². The van der Waals surface area contributed by atoms with Crippen molar-refractivity contribution in [3.8, 4) is 6.07 Å². The fourth-order valence-corrected chi connectivity index (χ4v) is 2.56. The minimum absolute atomic E-state index is 0.108. The highest BCUT2D eigenvalue weighted by Crippen LogP contribution is 2.20. The minimum Gasteiger partial charge on any atom is -0.336 e. The molecule has 19 heavy (non-hydrogen) atoms. The van der Waals surface area contributed by atoms with E-state index >= 15 is 0 Å². The number of hydrogen-bond acceptors (Lipinski definition) is 3. The molecule has 0 radical (unpaired) electrons. The van der Waals surface area contributed by atoms with Crippen LogP contribution in [0.4, 0.5) is 4.39 Å². The Morgan fingerprint density at radius 1 is 1.37 bits per heavy atom. The molecule has 1 fully saturated rings. The Kier molecular flexibility index (Phi) is 4.51. The standard InChI is InChI=1S/C13H13BrFN3O/c14-12-9-10(15)1-2-11(12)13(19)18-7-5-17(4-3-16)6-8-18/h1-2,9H,4-8H2. The fraction of sp³-hybridized carbons (Fsp3) is 0.385. The van der Waals surface area contributed by atoms with Crippen molar-refractivity contribution < 1.29 is 9.18 Å². The third-order valence-corrected chi connectivity index (χ3v) is 3.77. The molecular formula is C13H13BrFN3O. The molecule has 100 valence electrons. The molecule has 1 aliphatic heterocycles. The third kappa shape index (κ3) is 3.31. The summed E-state index contributed by atoms with van der Waals surface area (Å²) in [5.74, 6) is -0.481. The molecule has 0 spiro atoms. The maximum atomic E-state index is 13.0. The first-order valence-electron chi connectivity index (χ1n) is 5.95. The number of rotatable bonds is 2. The van der Waals surface area contributed by atoms with Crippen molar-refractivity contribution in [2.24, 2.45) is 0 Å². The van der Waals surface area contributed by atoms with Gasteiger partial charge in [-0.3, -0.25) is 9.69 Å². The summed E-state index contributed by atoms with van der Waals surface area (Å²) in [5, 5.41) is 8.62. The Hall–Kier alpha value is -1.45. The largest absolute Gasteiger partial charge is 0.336 e. The van der Waals surface area contributed by atoms with Gasteiger partial charge in [-0.1, -0.05) is 0 Å². The monoisotopic (exact) mass is 325 g/mol. The highest BCUT2D eigenvalue weighted by molar-refractivity contribution is 9.10. The summed E-state index contributed by atoms with van der Waals surface area (Å²) in [6, 6.07) is 6.16. The number of piperazine rings is 1. The van der Waals surface area contributed by atoms with E-state index in [1.54, 1.807) is 4.90 Å². The van der Waals surface area contributed by atoms with Crippen LogP contribution in [0.2, 0.25) is 0 Å². The van der Waals surface area contributed by atoms with E-state index in [1.165, 1.54) is 18.2 Å². The van der Waals surface area contributed by atoms with E-state index in [-0.39, 0.29) is 11.7 Å². The molecule has 0 saturated carbocycles. The molecular weight excluding hydrogens is 313 g/mol. The van der Waals surface area contributed by atoms with Gasteiger partial charge in [-0.15, -0.1) is 0 Å². The minimum atomic E-state index is -0.373. The first-order chi connectivity index (χ1) is 9.11. The average molecular weight is 326 g/mol. The number of amides is 1. The lowest BCUT2D eigenvalue weighted by atomic mass is 10.2. The molecule has 1 aromatic rings. The molecule has 1 heterocycles. The molecule has 1 aliphatic rings. The second kappa shape index (κ2) is 6.13. The van der Waals surface area contributed by atoms with Crippen molar-refractivity contribution in [2.75, 3.05) is 32.7 Å². The predicted octanol–water partition coefficient (Wildman–Crippen LogP) is 1.87. The van der Waals surface area contributed by atoms with E-state index in [0.717, 1.165) is 0 Å². The van der Waals surface area contributed by atoms with Gasteiger partial charge in [0.25, 0.3) is 5.91 Å². The number of benzene rings is 1. The first kappa shape index (κ1) is 14.0. The number of hydrogen-bond donors (Lipinski definition) is 0. The topological polar surface area (TPSA) is 47.3 Å². The predicted molar refractivity (Wildman–Crippen MR) is 72.1 cm³/mol. The van der Waals surface area contributed by atoms with Gasteiger partial charge in [0.1, 0.15) is 5.82 Å². The lowest BCUT2D eigenvalue weighted by Crippen LogP contribution is -2.48. The van der Waals surface area contributed by atoms with Crippen LogP contribution in [0.1, 0.15) is 10.4 Å². The normalized spacial score (nSPS) is 16.2. The van der Waals surface area contributed by atoms with Gasteiger partial charge in [0, 0.05) is 30.7 Å². The quantitative estimate of drug-likeness (QED) is 0.780. The van der Waals surface area contributed by atoms with Gasteiger partial charge < -0.3 is 4.90 Å². The summed E-state index contributed by atoms with van der Waals surface area (Å²) in [6.07, 6.45) is 0. The lowest BCUT2D eigenvalue weighted by Gasteiger charge is -2.33. The second-order valence-corrected chi connectivity index (χ2v) is 5.20. The number of carbonyl (C=O) groups excluding carboxylic acids is 1. The zero-order chi connectivity index (χ0) is 13.8. The van der Waals surface area contributed by atoms with E-state index in [2.05, 4.69) is 22.0 Å². The molecule has 0 aromatic heterocycles. The molecule has 0 N–H and O–H groups in total. The summed E-state index contributed by atoms with van der Waals surface area (Å²) in [6.45, 7) is 2.95. The van der Waals surface area contributed by atoms with Crippen LogP contribution in [0.3, 0.4) is 0 Å². The van der Waals surface area contributed by atoms with Crippen LogP contribution in [0.5, 0.6) is 0 Å². The summed E-state index contributed by atoms with van der Waals surface area (Å²) in [5.41, 5.74) is 0.468. The van der Waals surface area contributed by atoms with E-state index < -0.39 is 0 Å². The second-order valence-electron chi connectivity index (χ2n) is 4.35. The summed E-state index contributed by atoms with van der Waals surface area (Å²) >= 11 is 3.21. The van der Waals surface area contributed by atoms with Gasteiger partial charge in [-0.2, -0.15) is 5.26 Å². The number of halogens is 2. The molecule has 0 atom stereocenters. The van der Waals surface area contributed by atoms with Crippen molar-refractivity contribution in [3.05, 3.63) is 34.1 Å². The number of nitriles is 1. The Labute approximate surface area is 119 Å². The van der Waals surface area contributed by atoms with Crippen LogP contribution < -0.4 is 0 Å². The Morgan fingerprint density at radius 2 is 2.05 bits per heavy atom. The van der Waals surface area contributed by atoms with Gasteiger partial charge in [0.15, 0.2) is 0 Å². The summed E-state index contributed by atoms with van der Waals surface area (Å²) in [4.78, 5) is 16.0. The highest BCUT2D eigenvalue weighted by Gasteiger charge is 2.23. The van der Waals surface area contributed by atoms with Gasteiger partial charge in [-0.25, -0.2) is 4.39 Å². The number of nitrogens with zero attached hydrogens (tertiary/aromatic N) is 3. The maximum Gasteiger partial charge on any atom is 0.255 e. The zero-order valence-electron chi connectivity index (χ0n) is 10.3. The van der Waals surface area contributed by atoms with Crippen molar-refractivity contribution in [2.45, 2.75) is 0 Å². The molecule has 2 rings (SSSR count). The smallest absolute Gasteiger partial charge is 0.255 e. The molecule has 4 nitrogen and oxygen atoms in total. The van der Waals surface area contributed by atoms with Crippen LogP contribution in [0, 0.1) is 17.1 Å². The SMILES string of the molecule is N#CCN1CCN(C(=O)c2ccc(F)cc2Br)CC1. The average Bonchev–Trinajstić information content (AvgIpc) is 2.39. The molecule has 1 saturated heterocycles. The lowest BCUT2D eigenvalue weighted by molar-refractivity contribution is 0.0651. The van der Waals surface area contributed by atoms with Crippen molar-refractivity contribution in [3.63, 3.8) is 0 Å². The van der Waals surface area contributed by atoms with Crippen molar-refractivity contribution >= 4 is 21.8 Å². The van der Waals surface area contributed by atoms with Gasteiger partial charge in [-0.05, 0) is 34.1 Å². The van der Waals surface area contributed by atoms with Crippen LogP contribution >= 0.6 is 15.9 Å². The van der Waals surface area contributed by atoms with Crippen molar-refractivity contribution in [1.82, 2.24) is 9.80 Å². The number of carbonyl (C=O) groups is 1. The Balaban J connectivity index is 2.03. The molecule has 1 amide bonds. The van der Waals surface area contributed by atoms with Crippen LogP contribution in [0.25, 0.3) is 0 Å². The Bertz CT molecular complexity index is 521. The molecule has 0 bridgehead atoms. The highest BCUT2D eigenvalue weighted by atomic mass is 79.9. The van der Waals surface area contributed by atoms with E-state index in [1.807, 2.05) is 4.90 Å².